The smallest absolute Gasteiger partial charge is 0.276 e. The molecule has 2 aromatic carbocycles. The topological polar surface area (TPSA) is 119 Å². The fourth-order valence-electron chi connectivity index (χ4n) is 3.26. The van der Waals surface area contributed by atoms with E-state index in [1.807, 2.05) is 62.4 Å². The van der Waals surface area contributed by atoms with Crippen LogP contribution in [0.25, 0.3) is 17.0 Å². The lowest BCUT2D eigenvalue weighted by atomic mass is 10.0. The van der Waals surface area contributed by atoms with Gasteiger partial charge in [0.05, 0.1) is 11.0 Å². The normalized spacial score (nSPS) is 11.1. The van der Waals surface area contributed by atoms with E-state index in [0.29, 0.717) is 11.6 Å². The Morgan fingerprint density at radius 3 is 2.55 bits per heavy atom. The molecule has 8 nitrogen and oxygen atoms in total. The zero-order chi connectivity index (χ0) is 20.5. The van der Waals surface area contributed by atoms with Crippen molar-refractivity contribution >= 4 is 28.5 Å². The number of amides is 2. The van der Waals surface area contributed by atoms with Crippen LogP contribution in [-0.4, -0.2) is 31.3 Å². The number of anilines is 1. The van der Waals surface area contributed by atoms with Crippen LogP contribution < -0.4 is 11.1 Å². The Bertz CT molecular complexity index is 1190. The van der Waals surface area contributed by atoms with Crippen LogP contribution >= 0.6 is 0 Å². The number of nitrogens with two attached hydrogens (primary N) is 1. The number of primary amides is 1. The molecule has 0 aliphatic heterocycles. The molecule has 0 unspecified atom stereocenters. The van der Waals surface area contributed by atoms with Gasteiger partial charge in [0.2, 0.25) is 5.95 Å². The first kappa shape index (κ1) is 18.4. The Labute approximate surface area is 166 Å². The largest absolute Gasteiger partial charge is 0.364 e. The number of para-hydroxylation sites is 3. The highest BCUT2D eigenvalue weighted by Gasteiger charge is 2.25. The van der Waals surface area contributed by atoms with E-state index in [9.17, 15) is 9.59 Å². The predicted molar refractivity (Wildman–Crippen MR) is 110 cm³/mol. The minimum absolute atomic E-state index is 0.0383. The molecule has 0 atom stereocenters. The van der Waals surface area contributed by atoms with Crippen molar-refractivity contribution in [2.24, 2.45) is 5.73 Å². The maximum absolute atomic E-state index is 12.9. The number of carbonyl (C=O) groups is 2. The van der Waals surface area contributed by atoms with Crippen LogP contribution in [0.1, 0.15) is 46.3 Å². The van der Waals surface area contributed by atoms with Crippen molar-refractivity contribution in [2.75, 3.05) is 5.32 Å². The quantitative estimate of drug-likeness (QED) is 0.486. The third-order valence-corrected chi connectivity index (χ3v) is 4.65. The fourth-order valence-corrected chi connectivity index (χ4v) is 3.26. The van der Waals surface area contributed by atoms with Gasteiger partial charge in [-0.3, -0.25) is 14.2 Å². The number of aromatic amines is 1. The lowest BCUT2D eigenvalue weighted by molar-refractivity contribution is 0.0970. The molecule has 4 aromatic rings. The first-order valence-corrected chi connectivity index (χ1v) is 9.18. The maximum Gasteiger partial charge on any atom is 0.276 e. The van der Waals surface area contributed by atoms with Gasteiger partial charge in [-0.2, -0.15) is 0 Å². The third kappa shape index (κ3) is 3.36. The Morgan fingerprint density at radius 1 is 1.10 bits per heavy atom. The average Bonchev–Trinajstić information content (AvgIpc) is 3.32. The average molecular weight is 388 g/mol. The molecule has 0 aliphatic carbocycles. The molecule has 0 spiro atoms. The summed E-state index contributed by atoms with van der Waals surface area (Å²) in [6.45, 7) is 4.08. The van der Waals surface area contributed by atoms with E-state index in [4.69, 9.17) is 5.73 Å². The number of fused-ring (bicyclic) bond motifs is 1. The van der Waals surface area contributed by atoms with Gasteiger partial charge in [-0.1, -0.05) is 44.2 Å². The zero-order valence-corrected chi connectivity index (χ0v) is 16.0. The van der Waals surface area contributed by atoms with Crippen molar-refractivity contribution < 1.29 is 9.59 Å². The standard InChI is InChI=1S/C21H20N6O2/c1-12(2)13-7-3-4-8-14(13)24-20(29)17-18(19(22)28)27(11-23-17)21-25-15-9-5-6-10-16(15)26-21/h3-12H,1-2H3,(H2,22,28)(H,24,29)(H,25,26). The van der Waals surface area contributed by atoms with Crippen LogP contribution in [-0.2, 0) is 0 Å². The van der Waals surface area contributed by atoms with Gasteiger partial charge < -0.3 is 16.0 Å². The second-order valence-electron chi connectivity index (χ2n) is 6.95. The molecule has 2 aromatic heterocycles. The van der Waals surface area contributed by atoms with Crippen LogP contribution in [0.3, 0.4) is 0 Å². The number of nitrogens with one attached hydrogen (secondary N) is 2. The van der Waals surface area contributed by atoms with Crippen molar-refractivity contribution in [1.29, 1.82) is 0 Å². The second kappa shape index (κ2) is 7.23. The molecule has 0 saturated carbocycles. The minimum atomic E-state index is -0.773. The number of rotatable bonds is 5. The summed E-state index contributed by atoms with van der Waals surface area (Å²) in [6.07, 6.45) is 1.36. The highest BCUT2D eigenvalue weighted by atomic mass is 16.2. The minimum Gasteiger partial charge on any atom is -0.364 e. The molecule has 0 radical (unpaired) electrons. The highest BCUT2D eigenvalue weighted by Crippen LogP contribution is 2.25. The van der Waals surface area contributed by atoms with Gasteiger partial charge in [0.15, 0.2) is 5.69 Å². The van der Waals surface area contributed by atoms with Crippen LogP contribution in [0.4, 0.5) is 5.69 Å². The molecular weight excluding hydrogens is 368 g/mol. The number of hydrogen-bond donors (Lipinski definition) is 3. The second-order valence-corrected chi connectivity index (χ2v) is 6.95. The number of nitrogens with zero attached hydrogens (tertiary/aromatic N) is 3. The lowest BCUT2D eigenvalue weighted by Gasteiger charge is -2.13. The number of carbonyl (C=O) groups excluding carboxylic acids is 2. The van der Waals surface area contributed by atoms with Crippen molar-refractivity contribution in [1.82, 2.24) is 19.5 Å². The molecule has 0 saturated heterocycles. The van der Waals surface area contributed by atoms with Crippen molar-refractivity contribution in [2.45, 2.75) is 19.8 Å². The summed E-state index contributed by atoms with van der Waals surface area (Å²) in [7, 11) is 0. The summed E-state index contributed by atoms with van der Waals surface area (Å²) in [5, 5.41) is 2.84. The summed E-state index contributed by atoms with van der Waals surface area (Å²) < 4.78 is 1.39. The van der Waals surface area contributed by atoms with Crippen LogP contribution in [0.2, 0.25) is 0 Å². The van der Waals surface area contributed by atoms with Crippen LogP contribution in [0.15, 0.2) is 54.9 Å². The summed E-state index contributed by atoms with van der Waals surface area (Å²) in [6, 6.07) is 14.9. The first-order valence-electron chi connectivity index (χ1n) is 9.18. The molecule has 8 heteroatoms. The number of H-pyrrole nitrogens is 1. The molecular formula is C21H20N6O2. The van der Waals surface area contributed by atoms with E-state index in [0.717, 1.165) is 16.6 Å². The molecule has 4 N–H and O–H groups in total. The molecule has 29 heavy (non-hydrogen) atoms. The Morgan fingerprint density at radius 2 is 1.83 bits per heavy atom. The third-order valence-electron chi connectivity index (χ3n) is 4.65. The number of aromatic nitrogens is 4. The molecule has 0 fully saturated rings. The van der Waals surface area contributed by atoms with Gasteiger partial charge >= 0.3 is 0 Å². The summed E-state index contributed by atoms with van der Waals surface area (Å²) in [4.78, 5) is 36.8. The molecule has 0 aliphatic rings. The molecule has 146 valence electrons. The van der Waals surface area contributed by atoms with Gasteiger partial charge in [0.25, 0.3) is 11.8 Å². The van der Waals surface area contributed by atoms with E-state index >= 15 is 0 Å². The highest BCUT2D eigenvalue weighted by molar-refractivity contribution is 6.10. The van der Waals surface area contributed by atoms with Crippen molar-refractivity contribution in [3.05, 3.63) is 71.8 Å². The van der Waals surface area contributed by atoms with Gasteiger partial charge in [-0.15, -0.1) is 0 Å². The van der Waals surface area contributed by atoms with Gasteiger partial charge in [-0.05, 0) is 29.7 Å². The Balaban J connectivity index is 1.74. The molecule has 4 rings (SSSR count). The summed E-state index contributed by atoms with van der Waals surface area (Å²) in [5.74, 6) is -0.712. The monoisotopic (exact) mass is 388 g/mol. The first-order chi connectivity index (χ1) is 14.0. The predicted octanol–water partition coefficient (Wildman–Crippen LogP) is 3.22. The molecule has 0 bridgehead atoms. The Kier molecular flexibility index (Phi) is 4.59. The number of imidazole rings is 2. The van der Waals surface area contributed by atoms with E-state index in [-0.39, 0.29) is 17.3 Å². The van der Waals surface area contributed by atoms with Gasteiger partial charge in [0.1, 0.15) is 12.0 Å². The van der Waals surface area contributed by atoms with Gasteiger partial charge in [0, 0.05) is 5.69 Å². The van der Waals surface area contributed by atoms with Gasteiger partial charge in [-0.25, -0.2) is 9.97 Å². The summed E-state index contributed by atoms with van der Waals surface area (Å²) >= 11 is 0. The molecule has 2 heterocycles. The van der Waals surface area contributed by atoms with Crippen LogP contribution in [0, 0.1) is 0 Å². The maximum atomic E-state index is 12.9. The van der Waals surface area contributed by atoms with Crippen LogP contribution in [0.5, 0.6) is 0 Å². The van der Waals surface area contributed by atoms with Crippen molar-refractivity contribution in [3.8, 4) is 5.95 Å². The fraction of sp³-hybridized carbons (Fsp3) is 0.143. The van der Waals surface area contributed by atoms with E-state index < -0.39 is 11.8 Å². The number of benzene rings is 2. The van der Waals surface area contributed by atoms with E-state index in [1.165, 1.54) is 10.9 Å². The van der Waals surface area contributed by atoms with E-state index in [2.05, 4.69) is 20.3 Å². The molecule has 2 amide bonds. The SMILES string of the molecule is CC(C)c1ccccc1NC(=O)c1ncn(-c2nc3ccccc3[nH]2)c1C(N)=O. The Hall–Kier alpha value is -3.94. The summed E-state index contributed by atoms with van der Waals surface area (Å²) in [5.41, 5.74) is 8.65. The van der Waals surface area contributed by atoms with Crippen molar-refractivity contribution in [3.63, 3.8) is 0 Å². The number of hydrogen-bond acceptors (Lipinski definition) is 4. The van der Waals surface area contributed by atoms with E-state index in [1.54, 1.807) is 0 Å². The zero-order valence-electron chi connectivity index (χ0n) is 16.0. The lowest BCUT2D eigenvalue weighted by Crippen LogP contribution is -2.23.